The van der Waals surface area contributed by atoms with Crippen LogP contribution in [0.25, 0.3) is 0 Å². The van der Waals surface area contributed by atoms with Crippen molar-refractivity contribution in [3.8, 4) is 0 Å². The minimum atomic E-state index is -0.400. The number of esters is 1. The Balaban J connectivity index is 2.54. The van der Waals surface area contributed by atoms with Crippen LogP contribution in [-0.4, -0.2) is 17.6 Å². The number of ether oxygens (including phenoxy) is 1. The first kappa shape index (κ1) is 11.5. The summed E-state index contributed by atoms with van der Waals surface area (Å²) in [6, 6.07) is -0.0233. The molecule has 82 valence electrons. The molecule has 1 rings (SSSR count). The van der Waals surface area contributed by atoms with Gasteiger partial charge in [-0.15, -0.1) is 0 Å². The monoisotopic (exact) mass is 199 g/mol. The van der Waals surface area contributed by atoms with E-state index in [0.29, 0.717) is 5.92 Å². The van der Waals surface area contributed by atoms with Gasteiger partial charge in [-0.3, -0.25) is 4.79 Å². The Hall–Kier alpha value is -0.570. The lowest BCUT2D eigenvalue weighted by molar-refractivity contribution is -0.160. The number of nitrogens with two attached hydrogens (primary N) is 1. The first-order chi connectivity index (χ1) is 6.31. The van der Waals surface area contributed by atoms with Gasteiger partial charge in [-0.25, -0.2) is 0 Å². The summed E-state index contributed by atoms with van der Waals surface area (Å²) in [5.74, 6) is 0.214. The first-order valence-electron chi connectivity index (χ1n) is 5.29. The lowest BCUT2D eigenvalue weighted by Gasteiger charge is -2.24. The van der Waals surface area contributed by atoms with Crippen molar-refractivity contribution in [2.24, 2.45) is 17.6 Å². The van der Waals surface area contributed by atoms with E-state index >= 15 is 0 Å². The molecule has 3 nitrogen and oxygen atoms in total. The average Bonchev–Trinajstić information content (AvgIpc) is 2.29. The third kappa shape index (κ3) is 2.71. The molecule has 0 bridgehead atoms. The van der Waals surface area contributed by atoms with Crippen molar-refractivity contribution >= 4 is 5.97 Å². The lowest BCUT2D eigenvalue weighted by Crippen LogP contribution is -2.38. The molecule has 0 aromatic heterocycles. The van der Waals surface area contributed by atoms with E-state index in [2.05, 4.69) is 6.92 Å². The van der Waals surface area contributed by atoms with Gasteiger partial charge in [0.25, 0.3) is 0 Å². The maximum absolute atomic E-state index is 11.7. The highest BCUT2D eigenvalue weighted by Gasteiger charge is 2.37. The van der Waals surface area contributed by atoms with Crippen LogP contribution in [0.15, 0.2) is 0 Å². The van der Waals surface area contributed by atoms with Crippen molar-refractivity contribution < 1.29 is 9.53 Å². The summed E-state index contributed by atoms with van der Waals surface area (Å²) in [5.41, 5.74) is 5.54. The van der Waals surface area contributed by atoms with E-state index in [1.54, 1.807) is 0 Å². The van der Waals surface area contributed by atoms with Crippen molar-refractivity contribution in [3.63, 3.8) is 0 Å². The smallest absolute Gasteiger partial charge is 0.311 e. The average molecular weight is 199 g/mol. The topological polar surface area (TPSA) is 52.3 Å². The van der Waals surface area contributed by atoms with Crippen LogP contribution in [0, 0.1) is 11.8 Å². The Bertz CT molecular complexity index is 220. The van der Waals surface area contributed by atoms with Gasteiger partial charge in [0.1, 0.15) is 5.60 Å². The normalized spacial score (nSPS) is 33.1. The molecule has 1 aliphatic rings. The fraction of sp³-hybridized carbons (Fsp3) is 0.909. The minimum Gasteiger partial charge on any atom is -0.460 e. The van der Waals surface area contributed by atoms with Gasteiger partial charge in [-0.05, 0) is 39.5 Å². The van der Waals surface area contributed by atoms with Gasteiger partial charge < -0.3 is 10.5 Å². The molecule has 0 amide bonds. The number of hydrogen-bond donors (Lipinski definition) is 1. The van der Waals surface area contributed by atoms with E-state index in [9.17, 15) is 4.79 Å². The van der Waals surface area contributed by atoms with E-state index in [-0.39, 0.29) is 17.9 Å². The summed E-state index contributed by atoms with van der Waals surface area (Å²) in [4.78, 5) is 11.7. The molecule has 3 heteroatoms. The zero-order chi connectivity index (χ0) is 10.9. The van der Waals surface area contributed by atoms with Crippen LogP contribution in [0.2, 0.25) is 0 Å². The molecule has 0 aliphatic heterocycles. The van der Waals surface area contributed by atoms with Crippen molar-refractivity contribution in [3.05, 3.63) is 0 Å². The van der Waals surface area contributed by atoms with E-state index in [0.717, 1.165) is 12.8 Å². The third-order valence-electron chi connectivity index (χ3n) is 2.76. The summed E-state index contributed by atoms with van der Waals surface area (Å²) in [7, 11) is 0. The maximum atomic E-state index is 11.7. The minimum absolute atomic E-state index is 0.0233. The van der Waals surface area contributed by atoms with Gasteiger partial charge in [0.15, 0.2) is 0 Å². The van der Waals surface area contributed by atoms with Crippen LogP contribution in [0.4, 0.5) is 0 Å². The molecule has 14 heavy (non-hydrogen) atoms. The number of rotatable bonds is 1. The van der Waals surface area contributed by atoms with Crippen molar-refractivity contribution in [2.75, 3.05) is 0 Å². The quantitative estimate of drug-likeness (QED) is 0.654. The molecule has 0 spiro atoms. The summed E-state index contributed by atoms with van der Waals surface area (Å²) in [6.45, 7) is 7.74. The SMILES string of the molecule is C[C@H]1CC[C@H](C(=O)OC(C)(C)C)[C@@H]1N. The molecule has 1 aliphatic carbocycles. The van der Waals surface area contributed by atoms with Gasteiger partial charge in [-0.2, -0.15) is 0 Å². The molecule has 0 aromatic carbocycles. The van der Waals surface area contributed by atoms with Crippen LogP contribution in [0.3, 0.4) is 0 Å². The number of hydrogen-bond acceptors (Lipinski definition) is 3. The molecular formula is C11H21NO2. The largest absolute Gasteiger partial charge is 0.460 e. The van der Waals surface area contributed by atoms with Crippen molar-refractivity contribution in [1.82, 2.24) is 0 Å². The number of carbonyl (C=O) groups excluding carboxylic acids is 1. The van der Waals surface area contributed by atoms with E-state index in [1.165, 1.54) is 0 Å². The lowest BCUT2D eigenvalue weighted by atomic mass is 10.00. The molecule has 0 heterocycles. The van der Waals surface area contributed by atoms with Crippen molar-refractivity contribution in [1.29, 1.82) is 0 Å². The molecule has 1 saturated carbocycles. The van der Waals surface area contributed by atoms with E-state index in [1.807, 2.05) is 20.8 Å². The summed E-state index contributed by atoms with van der Waals surface area (Å²) >= 11 is 0. The molecule has 1 fully saturated rings. The maximum Gasteiger partial charge on any atom is 0.311 e. The van der Waals surface area contributed by atoms with Gasteiger partial charge >= 0.3 is 5.97 Å². The zero-order valence-corrected chi connectivity index (χ0v) is 9.54. The Morgan fingerprint density at radius 1 is 1.36 bits per heavy atom. The third-order valence-corrected chi connectivity index (χ3v) is 2.76. The van der Waals surface area contributed by atoms with Crippen LogP contribution >= 0.6 is 0 Å². The molecule has 0 unspecified atom stereocenters. The second-order valence-corrected chi connectivity index (χ2v) is 5.27. The van der Waals surface area contributed by atoms with Crippen LogP contribution < -0.4 is 5.73 Å². The second-order valence-electron chi connectivity index (χ2n) is 5.27. The molecule has 2 N–H and O–H groups in total. The molecule has 0 aromatic rings. The van der Waals surface area contributed by atoms with Gasteiger partial charge in [0, 0.05) is 6.04 Å². The zero-order valence-electron chi connectivity index (χ0n) is 9.54. The predicted octanol–water partition coefficient (Wildman–Crippen LogP) is 1.70. The molecule has 0 saturated heterocycles. The highest BCUT2D eigenvalue weighted by atomic mass is 16.6. The van der Waals surface area contributed by atoms with E-state index < -0.39 is 5.60 Å². The second kappa shape index (κ2) is 3.89. The Morgan fingerprint density at radius 2 is 1.93 bits per heavy atom. The predicted molar refractivity (Wildman–Crippen MR) is 55.7 cm³/mol. The summed E-state index contributed by atoms with van der Waals surface area (Å²) in [5, 5.41) is 0. The highest BCUT2D eigenvalue weighted by molar-refractivity contribution is 5.74. The first-order valence-corrected chi connectivity index (χ1v) is 5.29. The van der Waals surface area contributed by atoms with Crippen molar-refractivity contribution in [2.45, 2.75) is 52.2 Å². The van der Waals surface area contributed by atoms with Crippen LogP contribution in [0.5, 0.6) is 0 Å². The molecule has 0 radical (unpaired) electrons. The fourth-order valence-electron chi connectivity index (χ4n) is 1.88. The number of carbonyl (C=O) groups is 1. The Labute approximate surface area is 86.0 Å². The highest BCUT2D eigenvalue weighted by Crippen LogP contribution is 2.31. The van der Waals surface area contributed by atoms with Crippen LogP contribution in [-0.2, 0) is 9.53 Å². The molecular weight excluding hydrogens is 178 g/mol. The Morgan fingerprint density at radius 3 is 2.29 bits per heavy atom. The van der Waals surface area contributed by atoms with Crippen LogP contribution in [0.1, 0.15) is 40.5 Å². The molecule has 3 atom stereocenters. The summed E-state index contributed by atoms with van der Waals surface area (Å²) in [6.07, 6.45) is 1.91. The fourth-order valence-corrected chi connectivity index (χ4v) is 1.88. The van der Waals surface area contributed by atoms with Gasteiger partial charge in [0.2, 0.25) is 0 Å². The standard InChI is InChI=1S/C11H21NO2/c1-7-5-6-8(9(7)12)10(13)14-11(2,3)4/h7-9H,5-6,12H2,1-4H3/t7-,8-,9+/m0/s1. The summed E-state index contributed by atoms with van der Waals surface area (Å²) < 4.78 is 5.32. The van der Waals surface area contributed by atoms with Gasteiger partial charge in [-0.1, -0.05) is 6.92 Å². The van der Waals surface area contributed by atoms with Gasteiger partial charge in [0.05, 0.1) is 5.92 Å². The van der Waals surface area contributed by atoms with E-state index in [4.69, 9.17) is 10.5 Å². The Kier molecular flexibility index (Phi) is 3.20.